The molecule has 0 heterocycles. The summed E-state index contributed by atoms with van der Waals surface area (Å²) in [7, 11) is 0. The van der Waals surface area contributed by atoms with E-state index in [0.717, 1.165) is 17.8 Å². The van der Waals surface area contributed by atoms with E-state index < -0.39 is 5.69 Å². The molecule has 10 heavy (non-hydrogen) atoms. The van der Waals surface area contributed by atoms with Crippen molar-refractivity contribution in [2.45, 2.75) is 13.3 Å². The Bertz CT molecular complexity index is 107. The summed E-state index contributed by atoms with van der Waals surface area (Å²) >= 11 is 4.96. The van der Waals surface area contributed by atoms with Gasteiger partial charge in [0.15, 0.2) is 0 Å². The van der Waals surface area contributed by atoms with Crippen LogP contribution in [0.3, 0.4) is 0 Å². The zero-order valence-corrected chi connectivity index (χ0v) is 13.0. The van der Waals surface area contributed by atoms with E-state index in [0.29, 0.717) is 5.75 Å². The molecule has 0 amide bonds. The maximum absolute atomic E-state index is 10.2. The van der Waals surface area contributed by atoms with Crippen LogP contribution in [-0.4, -0.2) is 5.75 Å². The number of hydrogen-bond donors (Lipinski definition) is 0. The van der Waals surface area contributed by atoms with Crippen molar-refractivity contribution in [1.82, 2.24) is 0 Å². The fraction of sp³-hybridized carbons (Fsp3) is 1.00. The van der Waals surface area contributed by atoms with Crippen molar-refractivity contribution in [3.8, 4) is 0 Å². The van der Waals surface area contributed by atoms with Crippen molar-refractivity contribution in [3.63, 3.8) is 0 Å². The minimum absolute atomic E-state index is 0. The zero-order valence-electron chi connectivity index (χ0n) is 6.49. The fourth-order valence-electron chi connectivity index (χ4n) is 0.203. The summed E-state index contributed by atoms with van der Waals surface area (Å²) in [5.41, 5.74) is -3.43. The second-order valence-electron chi connectivity index (χ2n) is 1.28. The molecule has 0 fully saturated rings. The van der Waals surface area contributed by atoms with Crippen molar-refractivity contribution in [1.29, 1.82) is 0 Å². The summed E-state index contributed by atoms with van der Waals surface area (Å²) in [5, 5.41) is 0. The van der Waals surface area contributed by atoms with Crippen LogP contribution in [0, 0.1) is 0 Å². The summed E-state index contributed by atoms with van der Waals surface area (Å²) in [6.45, 7) is 1.91. The minimum atomic E-state index is -3.43. The van der Waals surface area contributed by atoms with Gasteiger partial charge in [-0.05, 0) is 12.2 Å². The molecular formula is C3H7Na2O2PS2. The largest absolute Gasteiger partial charge is 1.00 e. The predicted octanol–water partition coefficient (Wildman–Crippen LogP) is -5.92. The van der Waals surface area contributed by atoms with Gasteiger partial charge >= 0.3 is 59.1 Å². The van der Waals surface area contributed by atoms with E-state index in [4.69, 9.17) is 0 Å². The van der Waals surface area contributed by atoms with Crippen molar-refractivity contribution < 1.29 is 68.9 Å². The topological polar surface area (TPSA) is 46.1 Å². The van der Waals surface area contributed by atoms with Gasteiger partial charge in [0, 0.05) is 0 Å². The van der Waals surface area contributed by atoms with Crippen LogP contribution in [0.1, 0.15) is 13.3 Å². The fourth-order valence-corrected chi connectivity index (χ4v) is 2.50. The molecule has 2 nitrogen and oxygen atoms in total. The van der Waals surface area contributed by atoms with E-state index >= 15 is 0 Å². The molecule has 0 aliphatic carbocycles. The average molecular weight is 216 g/mol. The van der Waals surface area contributed by atoms with Gasteiger partial charge < -0.3 is 9.79 Å². The van der Waals surface area contributed by atoms with E-state index in [1.54, 1.807) is 0 Å². The predicted molar refractivity (Wildman–Crippen MR) is 37.0 cm³/mol. The third-order valence-corrected chi connectivity index (χ3v) is 3.81. The summed E-state index contributed by atoms with van der Waals surface area (Å²) in [6.07, 6.45) is 0.855. The van der Waals surface area contributed by atoms with Crippen LogP contribution >= 0.6 is 17.1 Å². The molecule has 0 radical (unpaired) electrons. The standard InChI is InChI=1S/C3H9O2PS2.2Na/c1-2-3-8-6(4,5)7;;/h2-3H2,1H3,(H2,4,5,7);;/q;2*+1/p-2. The summed E-state index contributed by atoms with van der Waals surface area (Å²) < 4.78 is 0. The van der Waals surface area contributed by atoms with E-state index in [2.05, 4.69) is 11.8 Å². The third-order valence-electron chi connectivity index (χ3n) is 0.454. The summed E-state index contributed by atoms with van der Waals surface area (Å²) in [5.74, 6) is 0.615. The van der Waals surface area contributed by atoms with Crippen molar-refractivity contribution in [2.24, 2.45) is 0 Å². The zero-order chi connectivity index (χ0) is 6.62. The van der Waals surface area contributed by atoms with Gasteiger partial charge in [0.05, 0.1) is 0 Å². The van der Waals surface area contributed by atoms with Crippen molar-refractivity contribution in [3.05, 3.63) is 0 Å². The van der Waals surface area contributed by atoms with Gasteiger partial charge in [-0.1, -0.05) is 6.92 Å². The molecule has 0 bridgehead atoms. The Morgan fingerprint density at radius 1 is 1.40 bits per heavy atom. The smallest absolute Gasteiger partial charge is 0.825 e. The SMILES string of the molecule is CCCSP([O-])([O-])=S.[Na+].[Na+]. The maximum Gasteiger partial charge on any atom is 1.00 e. The second kappa shape index (κ2) is 10.0. The van der Waals surface area contributed by atoms with E-state index in [1.807, 2.05) is 6.92 Å². The first-order chi connectivity index (χ1) is 3.56. The van der Waals surface area contributed by atoms with Gasteiger partial charge in [0.25, 0.3) is 0 Å². The molecule has 0 aromatic carbocycles. The van der Waals surface area contributed by atoms with Crippen LogP contribution in [0.25, 0.3) is 0 Å². The van der Waals surface area contributed by atoms with Crippen LogP contribution in [0.5, 0.6) is 0 Å². The summed E-state index contributed by atoms with van der Waals surface area (Å²) in [6, 6.07) is 0. The van der Waals surface area contributed by atoms with Gasteiger partial charge in [0.2, 0.25) is 0 Å². The molecular weight excluding hydrogens is 209 g/mol. The van der Waals surface area contributed by atoms with Crippen LogP contribution < -0.4 is 68.9 Å². The number of hydrogen-bond acceptors (Lipinski definition) is 4. The van der Waals surface area contributed by atoms with Crippen molar-refractivity contribution in [2.75, 3.05) is 5.75 Å². The van der Waals surface area contributed by atoms with Crippen molar-refractivity contribution >= 4 is 28.9 Å². The molecule has 0 aromatic rings. The Kier molecular flexibility index (Phi) is 18.7. The molecule has 0 saturated carbocycles. The van der Waals surface area contributed by atoms with Crippen LogP contribution in [0.4, 0.5) is 0 Å². The monoisotopic (exact) mass is 216 g/mol. The van der Waals surface area contributed by atoms with Crippen LogP contribution in [0.2, 0.25) is 0 Å². The second-order valence-corrected chi connectivity index (χ2v) is 7.19. The van der Waals surface area contributed by atoms with E-state index in [1.165, 1.54) is 0 Å². The average Bonchev–Trinajstić information content (AvgIpc) is 1.59. The van der Waals surface area contributed by atoms with E-state index in [-0.39, 0.29) is 59.1 Å². The maximum atomic E-state index is 10.2. The Balaban J connectivity index is -0.000000245. The van der Waals surface area contributed by atoms with Gasteiger partial charge in [-0.25, -0.2) is 0 Å². The Labute approximate surface area is 115 Å². The number of rotatable bonds is 3. The van der Waals surface area contributed by atoms with Crippen LogP contribution in [-0.2, 0) is 11.8 Å². The first-order valence-electron chi connectivity index (χ1n) is 2.23. The van der Waals surface area contributed by atoms with Gasteiger partial charge in [-0.3, -0.25) is 0 Å². The Morgan fingerprint density at radius 2 is 1.80 bits per heavy atom. The Morgan fingerprint density at radius 3 is 1.90 bits per heavy atom. The minimum Gasteiger partial charge on any atom is -0.825 e. The molecule has 7 heteroatoms. The first-order valence-corrected chi connectivity index (χ1v) is 6.45. The molecule has 0 rings (SSSR count). The molecule has 0 saturated heterocycles. The normalized spacial score (nSPS) is 9.50. The molecule has 0 spiro atoms. The molecule has 0 aromatic heterocycles. The first kappa shape index (κ1) is 18.7. The van der Waals surface area contributed by atoms with Gasteiger partial charge in [0.1, 0.15) is 0 Å². The van der Waals surface area contributed by atoms with Gasteiger partial charge in [-0.15, -0.1) is 11.8 Å². The molecule has 0 unspecified atom stereocenters. The summed E-state index contributed by atoms with van der Waals surface area (Å²) in [4.78, 5) is 20.4. The molecule has 0 aliphatic rings. The molecule has 50 valence electrons. The molecule has 0 aliphatic heterocycles. The van der Waals surface area contributed by atoms with Gasteiger partial charge in [-0.2, -0.15) is 17.1 Å². The van der Waals surface area contributed by atoms with Crippen LogP contribution in [0.15, 0.2) is 0 Å². The van der Waals surface area contributed by atoms with E-state index in [9.17, 15) is 9.79 Å². The quantitative estimate of drug-likeness (QED) is 0.348. The molecule has 0 atom stereocenters. The molecule has 0 N–H and O–H groups in total. The third kappa shape index (κ3) is 17.1. The Hall–Kier alpha value is 2.92.